The minimum absolute atomic E-state index is 0.868. The molecule has 7 aliphatic rings. The first-order valence-electron chi connectivity index (χ1n) is 15.4. The van der Waals surface area contributed by atoms with Crippen LogP contribution in [0.25, 0.3) is 0 Å². The first-order chi connectivity index (χ1) is 19.7. The average Bonchev–Trinajstić information content (AvgIpc) is 2.96. The number of hydrogen-bond donors (Lipinski definition) is 0. The van der Waals surface area contributed by atoms with E-state index in [0.717, 1.165) is 57.0 Å². The summed E-state index contributed by atoms with van der Waals surface area (Å²) in [5.74, 6) is 0. The second kappa shape index (κ2) is 11.4. The van der Waals surface area contributed by atoms with Gasteiger partial charge in [0, 0.05) is 0 Å². The molecule has 4 aromatic carbocycles. The van der Waals surface area contributed by atoms with Crippen LogP contribution < -0.4 is 17.9 Å². The Morgan fingerprint density at radius 3 is 0.619 bits per heavy atom. The van der Waals surface area contributed by atoms with Gasteiger partial charge in [0.1, 0.15) is 48.9 Å². The molecule has 0 spiro atoms. The van der Waals surface area contributed by atoms with Crippen molar-refractivity contribution in [1.29, 1.82) is 0 Å². The molecule has 42 heavy (non-hydrogen) atoms. The summed E-state index contributed by atoms with van der Waals surface area (Å²) >= 11 is 0. The van der Waals surface area contributed by atoms with Crippen LogP contribution in [-0.2, 0) is 12.8 Å². The van der Waals surface area contributed by atoms with E-state index in [1.165, 1.54) is 45.0 Å². The van der Waals surface area contributed by atoms with E-state index >= 15 is 0 Å². The fraction of sp³-hybridized carbons (Fsp3) is 0.368. The van der Waals surface area contributed by atoms with E-state index in [2.05, 4.69) is 153 Å². The van der Waals surface area contributed by atoms with Crippen molar-refractivity contribution >= 4 is 22.7 Å². The molecule has 0 amide bonds. The number of benzene rings is 4. The van der Waals surface area contributed by atoms with Crippen molar-refractivity contribution in [2.24, 2.45) is 0 Å². The smallest absolute Gasteiger partial charge is 0.133 e. The van der Waals surface area contributed by atoms with Gasteiger partial charge in [-0.25, -0.2) is 0 Å². The second-order valence-electron chi connectivity index (χ2n) is 14.7. The fourth-order valence-electron chi connectivity index (χ4n) is 6.06. The van der Waals surface area contributed by atoms with Crippen molar-refractivity contribution in [3.63, 3.8) is 0 Å². The first-order valence-corrected chi connectivity index (χ1v) is 15.4. The molecular weight excluding hydrogens is 512 g/mol. The summed E-state index contributed by atoms with van der Waals surface area (Å²) in [5.41, 5.74) is 10.9. The molecule has 7 heterocycles. The topological polar surface area (TPSA) is 0 Å². The molecule has 0 fully saturated rings. The molecule has 0 saturated carbocycles. The van der Waals surface area contributed by atoms with E-state index in [1.54, 1.807) is 0 Å². The van der Waals surface area contributed by atoms with E-state index in [0.29, 0.717) is 0 Å². The summed E-state index contributed by atoms with van der Waals surface area (Å²) < 4.78 is 3.47. The summed E-state index contributed by atoms with van der Waals surface area (Å²) in [6, 6.07) is 37.2. The van der Waals surface area contributed by atoms with E-state index in [9.17, 15) is 0 Å². The Labute approximate surface area is 255 Å². The summed E-state index contributed by atoms with van der Waals surface area (Å²) in [5, 5.41) is 0. The Hall–Kier alpha value is -3.28. The van der Waals surface area contributed by atoms with Crippen LogP contribution in [-0.4, -0.2) is 82.6 Å². The SMILES string of the molecule is C[N+]1(C)CC[N+](C)(C)c2ccc(cc2)Cc2ccc(cc2)[N+](C)(C)CC[N+](C)(C)c2ccc(cc2)Cc2ccc1cc2. The van der Waals surface area contributed by atoms with Crippen molar-refractivity contribution in [1.82, 2.24) is 17.9 Å². The lowest BCUT2D eigenvalue weighted by molar-refractivity contribution is 0.315. The number of likely N-dealkylation sites (N-methyl/N-ethyl adjacent to an activating group) is 4. The lowest BCUT2D eigenvalue weighted by Gasteiger charge is -2.35. The largest absolute Gasteiger partial charge is 0.291 e. The van der Waals surface area contributed by atoms with Crippen molar-refractivity contribution in [3.8, 4) is 0 Å². The van der Waals surface area contributed by atoms with Gasteiger partial charge in [0.2, 0.25) is 0 Å². The van der Waals surface area contributed by atoms with Crippen molar-refractivity contribution < 1.29 is 0 Å². The van der Waals surface area contributed by atoms with Crippen LogP contribution in [0.2, 0.25) is 0 Å². The molecule has 0 radical (unpaired) electrons. The quantitative estimate of drug-likeness (QED) is 0.205. The minimum Gasteiger partial charge on any atom is -0.291 e. The van der Waals surface area contributed by atoms with Crippen LogP contribution in [0.4, 0.5) is 22.7 Å². The Bertz CT molecular complexity index is 1250. The molecule has 0 saturated heterocycles. The number of nitrogens with zero attached hydrogens (tertiary/aromatic N) is 4. The van der Waals surface area contributed by atoms with Gasteiger partial charge in [-0.05, 0) is 83.6 Å². The van der Waals surface area contributed by atoms with E-state index in [4.69, 9.17) is 0 Å². The summed E-state index contributed by atoms with van der Waals surface area (Å²) in [6.45, 7) is 4.24. The highest BCUT2D eigenvalue weighted by Gasteiger charge is 2.28. The number of quaternary nitrogens is 4. The Balaban J connectivity index is 1.45. The molecule has 0 aromatic heterocycles. The van der Waals surface area contributed by atoms with Crippen LogP contribution in [0.5, 0.6) is 0 Å². The highest BCUT2D eigenvalue weighted by molar-refractivity contribution is 5.49. The maximum Gasteiger partial charge on any atom is 0.133 e. The van der Waals surface area contributed by atoms with Gasteiger partial charge in [-0.15, -0.1) is 0 Å². The molecule has 11 rings (SSSR count). The third-order valence-electron chi connectivity index (χ3n) is 9.79. The predicted molar refractivity (Wildman–Crippen MR) is 185 cm³/mol. The van der Waals surface area contributed by atoms with E-state index < -0.39 is 0 Å². The van der Waals surface area contributed by atoms with Gasteiger partial charge in [0.25, 0.3) is 0 Å². The third-order valence-corrected chi connectivity index (χ3v) is 9.79. The van der Waals surface area contributed by atoms with Crippen molar-refractivity contribution in [2.45, 2.75) is 12.8 Å². The second-order valence-corrected chi connectivity index (χ2v) is 14.7. The van der Waals surface area contributed by atoms with Crippen LogP contribution in [0.3, 0.4) is 0 Å². The molecule has 220 valence electrons. The fourth-order valence-corrected chi connectivity index (χ4v) is 6.06. The van der Waals surface area contributed by atoms with E-state index in [-0.39, 0.29) is 0 Å². The predicted octanol–water partition coefficient (Wildman–Crippen LogP) is 6.85. The first kappa shape index (κ1) is 30.2. The lowest BCUT2D eigenvalue weighted by atomic mass is 10.0. The van der Waals surface area contributed by atoms with Gasteiger partial charge in [-0.2, -0.15) is 0 Å². The molecular formula is C38H52N4+4. The monoisotopic (exact) mass is 564 g/mol. The summed E-state index contributed by atoms with van der Waals surface area (Å²) in [7, 11) is 18.6. The van der Waals surface area contributed by atoms with Gasteiger partial charge in [0.05, 0.1) is 56.4 Å². The zero-order chi connectivity index (χ0) is 30.2. The normalized spacial score (nSPS) is 19.6. The molecule has 0 unspecified atom stereocenters. The standard InChI is InChI=1S/C38H52N4/c1-39(2)25-26-40(3,4)36-19-11-33(12-20-36)30-34-15-23-38(24-16-34)42(7,8)28-27-41(5,6)37-21-13-32(14-22-37)29-31-9-17-35(39)18-10-31/h9-24H,25-30H2,1-8H3/q+4. The van der Waals surface area contributed by atoms with E-state index in [1.807, 2.05) is 0 Å². The molecule has 7 aliphatic heterocycles. The molecule has 4 aromatic rings. The zero-order valence-corrected chi connectivity index (χ0v) is 27.3. The number of hydrogen-bond acceptors (Lipinski definition) is 0. The maximum absolute atomic E-state index is 2.33. The molecule has 4 heteroatoms. The summed E-state index contributed by atoms with van der Waals surface area (Å²) in [6.07, 6.45) is 1.92. The van der Waals surface area contributed by atoms with Crippen LogP contribution in [0.1, 0.15) is 22.3 Å². The maximum atomic E-state index is 2.33. The molecule has 0 aliphatic carbocycles. The minimum atomic E-state index is 0.868. The van der Waals surface area contributed by atoms with Crippen LogP contribution in [0, 0.1) is 0 Å². The summed E-state index contributed by atoms with van der Waals surface area (Å²) in [4.78, 5) is 0. The van der Waals surface area contributed by atoms with Crippen LogP contribution in [0.15, 0.2) is 97.1 Å². The molecule has 4 nitrogen and oxygen atoms in total. The highest BCUT2D eigenvalue weighted by Crippen LogP contribution is 2.27. The number of rotatable bonds is 0. The lowest BCUT2D eigenvalue weighted by Crippen LogP contribution is -2.52. The van der Waals surface area contributed by atoms with Crippen molar-refractivity contribution in [2.75, 3.05) is 82.6 Å². The van der Waals surface area contributed by atoms with Gasteiger partial charge >= 0.3 is 0 Å². The Kier molecular flexibility index (Phi) is 8.21. The Morgan fingerprint density at radius 1 is 0.286 bits per heavy atom. The van der Waals surface area contributed by atoms with Crippen LogP contribution >= 0.6 is 0 Å². The van der Waals surface area contributed by atoms with Gasteiger partial charge in [-0.3, -0.25) is 17.9 Å². The Morgan fingerprint density at radius 2 is 0.452 bits per heavy atom. The zero-order valence-electron chi connectivity index (χ0n) is 27.3. The third kappa shape index (κ3) is 6.85. The van der Waals surface area contributed by atoms with Gasteiger partial charge in [0.15, 0.2) is 0 Å². The van der Waals surface area contributed by atoms with Crippen molar-refractivity contribution in [3.05, 3.63) is 119 Å². The van der Waals surface area contributed by atoms with Gasteiger partial charge in [-0.1, -0.05) is 48.5 Å². The molecule has 0 N–H and O–H groups in total. The molecule has 8 bridgehead atoms. The molecule has 0 atom stereocenters. The highest BCUT2D eigenvalue weighted by atomic mass is 15.4. The average molecular weight is 565 g/mol. The van der Waals surface area contributed by atoms with Gasteiger partial charge < -0.3 is 0 Å².